The third kappa shape index (κ3) is 4.10. The van der Waals surface area contributed by atoms with Crippen molar-refractivity contribution in [3.05, 3.63) is 53.3 Å². The molecular weight excluding hydrogens is 295 g/mol. The van der Waals surface area contributed by atoms with Gasteiger partial charge in [-0.05, 0) is 49.4 Å². The number of rotatable bonds is 4. The van der Waals surface area contributed by atoms with Crippen LogP contribution >= 0.6 is 11.6 Å². The molecule has 110 valence electrons. The zero-order chi connectivity index (χ0) is 15.4. The lowest BCUT2D eigenvalue weighted by Crippen LogP contribution is -2.30. The molecule has 0 heterocycles. The first-order chi connectivity index (χ1) is 9.95. The third-order valence-electron chi connectivity index (χ3n) is 2.75. The van der Waals surface area contributed by atoms with Crippen molar-refractivity contribution >= 4 is 28.9 Å². The summed E-state index contributed by atoms with van der Waals surface area (Å²) in [6.45, 7) is 1.58. The Bertz CT molecular complexity index is 647. The molecule has 2 rings (SSSR count). The van der Waals surface area contributed by atoms with Gasteiger partial charge in [0, 0.05) is 11.4 Å². The van der Waals surface area contributed by atoms with Crippen LogP contribution < -0.4 is 15.8 Å². The minimum absolute atomic E-state index is 0.113. The Morgan fingerprint density at radius 3 is 2.57 bits per heavy atom. The van der Waals surface area contributed by atoms with Gasteiger partial charge in [0.25, 0.3) is 5.91 Å². The minimum atomic E-state index is -0.787. The van der Waals surface area contributed by atoms with Crippen molar-refractivity contribution in [3.63, 3.8) is 0 Å². The molecule has 1 unspecified atom stereocenters. The second-order valence-corrected chi connectivity index (χ2v) is 4.85. The minimum Gasteiger partial charge on any atom is -0.479 e. The zero-order valence-electron chi connectivity index (χ0n) is 11.3. The molecule has 2 aromatic carbocycles. The molecule has 0 aliphatic rings. The second kappa shape index (κ2) is 6.45. The first-order valence-corrected chi connectivity index (χ1v) is 6.61. The number of carbonyl (C=O) groups is 1. The zero-order valence-corrected chi connectivity index (χ0v) is 12.0. The lowest BCUT2D eigenvalue weighted by Gasteiger charge is -2.15. The van der Waals surface area contributed by atoms with Gasteiger partial charge in [-0.25, -0.2) is 4.39 Å². The Morgan fingerprint density at radius 1 is 1.29 bits per heavy atom. The number of anilines is 2. The Balaban J connectivity index is 2.00. The van der Waals surface area contributed by atoms with Crippen molar-refractivity contribution in [2.45, 2.75) is 13.0 Å². The van der Waals surface area contributed by atoms with Crippen molar-refractivity contribution in [3.8, 4) is 5.75 Å². The number of hydrogen-bond donors (Lipinski definition) is 2. The molecule has 0 fully saturated rings. The largest absolute Gasteiger partial charge is 0.479 e. The smallest absolute Gasteiger partial charge is 0.265 e. The Hall–Kier alpha value is -2.27. The van der Waals surface area contributed by atoms with Crippen LogP contribution in [0.1, 0.15) is 6.92 Å². The molecule has 0 spiro atoms. The Morgan fingerprint density at radius 2 is 1.95 bits per heavy atom. The van der Waals surface area contributed by atoms with E-state index in [2.05, 4.69) is 5.32 Å². The van der Waals surface area contributed by atoms with E-state index in [1.165, 1.54) is 12.1 Å². The summed E-state index contributed by atoms with van der Waals surface area (Å²) in [7, 11) is 0. The number of amides is 1. The molecule has 4 nitrogen and oxygen atoms in total. The van der Waals surface area contributed by atoms with Crippen LogP contribution in [-0.2, 0) is 4.79 Å². The van der Waals surface area contributed by atoms with Crippen molar-refractivity contribution in [1.82, 2.24) is 0 Å². The molecule has 3 N–H and O–H groups in total. The van der Waals surface area contributed by atoms with Crippen LogP contribution in [-0.4, -0.2) is 12.0 Å². The molecule has 0 aliphatic carbocycles. The fraction of sp³-hybridized carbons (Fsp3) is 0.133. The van der Waals surface area contributed by atoms with Crippen LogP contribution in [0.5, 0.6) is 5.75 Å². The van der Waals surface area contributed by atoms with E-state index in [-0.39, 0.29) is 16.7 Å². The van der Waals surface area contributed by atoms with Gasteiger partial charge < -0.3 is 15.8 Å². The fourth-order valence-electron chi connectivity index (χ4n) is 1.63. The average Bonchev–Trinajstić information content (AvgIpc) is 2.44. The van der Waals surface area contributed by atoms with E-state index in [9.17, 15) is 9.18 Å². The van der Waals surface area contributed by atoms with Crippen molar-refractivity contribution in [1.29, 1.82) is 0 Å². The van der Waals surface area contributed by atoms with Gasteiger partial charge >= 0.3 is 0 Å². The standard InChI is InChI=1S/C15H14ClFN2O2/c1-9(21-14-7-2-10(17)8-13(14)16)15(20)19-12-5-3-11(18)4-6-12/h2-9H,18H2,1H3,(H,19,20). The van der Waals surface area contributed by atoms with E-state index in [0.717, 1.165) is 6.07 Å². The first-order valence-electron chi connectivity index (χ1n) is 6.24. The highest BCUT2D eigenvalue weighted by Gasteiger charge is 2.16. The number of hydrogen-bond acceptors (Lipinski definition) is 3. The van der Waals surface area contributed by atoms with Crippen LogP contribution in [0.2, 0.25) is 5.02 Å². The van der Waals surface area contributed by atoms with Crippen molar-refractivity contribution < 1.29 is 13.9 Å². The number of nitrogens with one attached hydrogen (secondary N) is 1. The molecule has 1 atom stereocenters. The molecule has 0 aliphatic heterocycles. The summed E-state index contributed by atoms with van der Waals surface area (Å²) in [5.74, 6) is -0.565. The SMILES string of the molecule is CC(Oc1ccc(F)cc1Cl)C(=O)Nc1ccc(N)cc1. The molecule has 0 saturated carbocycles. The topological polar surface area (TPSA) is 64.3 Å². The van der Waals surface area contributed by atoms with E-state index in [0.29, 0.717) is 11.4 Å². The molecule has 6 heteroatoms. The first kappa shape index (κ1) is 15.1. The lowest BCUT2D eigenvalue weighted by atomic mass is 10.2. The van der Waals surface area contributed by atoms with Gasteiger partial charge in [0.05, 0.1) is 5.02 Å². The van der Waals surface area contributed by atoms with E-state index in [1.807, 2.05) is 0 Å². The average molecular weight is 309 g/mol. The highest BCUT2D eigenvalue weighted by atomic mass is 35.5. The maximum Gasteiger partial charge on any atom is 0.265 e. The molecular formula is C15H14ClFN2O2. The van der Waals surface area contributed by atoms with Gasteiger partial charge in [0.2, 0.25) is 0 Å². The Kier molecular flexibility index (Phi) is 4.65. The quantitative estimate of drug-likeness (QED) is 0.850. The third-order valence-corrected chi connectivity index (χ3v) is 3.04. The normalized spacial score (nSPS) is 11.8. The van der Waals surface area contributed by atoms with Gasteiger partial charge in [-0.15, -0.1) is 0 Å². The van der Waals surface area contributed by atoms with Gasteiger partial charge in [0.15, 0.2) is 6.10 Å². The maximum atomic E-state index is 12.9. The Labute approximate surface area is 126 Å². The van der Waals surface area contributed by atoms with E-state index in [4.69, 9.17) is 22.1 Å². The van der Waals surface area contributed by atoms with Crippen molar-refractivity contribution in [2.75, 3.05) is 11.1 Å². The number of nitrogen functional groups attached to an aromatic ring is 1. The molecule has 21 heavy (non-hydrogen) atoms. The van der Waals surface area contributed by atoms with Gasteiger partial charge in [0.1, 0.15) is 11.6 Å². The van der Waals surface area contributed by atoms with Crippen molar-refractivity contribution in [2.24, 2.45) is 0 Å². The molecule has 0 saturated heterocycles. The summed E-state index contributed by atoms with van der Waals surface area (Å²) in [6.07, 6.45) is -0.787. The summed E-state index contributed by atoms with van der Waals surface area (Å²) in [5.41, 5.74) is 6.78. The lowest BCUT2D eigenvalue weighted by molar-refractivity contribution is -0.122. The molecule has 0 aromatic heterocycles. The number of carbonyl (C=O) groups excluding carboxylic acids is 1. The van der Waals surface area contributed by atoms with Gasteiger partial charge in [-0.2, -0.15) is 0 Å². The summed E-state index contributed by atoms with van der Waals surface area (Å²) in [6, 6.07) is 10.4. The summed E-state index contributed by atoms with van der Waals surface area (Å²) < 4.78 is 18.4. The molecule has 0 radical (unpaired) electrons. The second-order valence-electron chi connectivity index (χ2n) is 4.45. The highest BCUT2D eigenvalue weighted by molar-refractivity contribution is 6.32. The van der Waals surface area contributed by atoms with Crippen LogP contribution in [0.15, 0.2) is 42.5 Å². The predicted molar refractivity (Wildman–Crippen MR) is 81.0 cm³/mol. The number of halogens is 2. The number of benzene rings is 2. The van der Waals surface area contributed by atoms with Gasteiger partial charge in [-0.3, -0.25) is 4.79 Å². The summed E-state index contributed by atoms with van der Waals surface area (Å²) in [5, 5.41) is 2.80. The highest BCUT2D eigenvalue weighted by Crippen LogP contribution is 2.26. The number of nitrogens with two attached hydrogens (primary N) is 1. The van der Waals surface area contributed by atoms with Crippen LogP contribution in [0, 0.1) is 5.82 Å². The van der Waals surface area contributed by atoms with Gasteiger partial charge in [-0.1, -0.05) is 11.6 Å². The van der Waals surface area contributed by atoms with Crippen LogP contribution in [0.25, 0.3) is 0 Å². The summed E-state index contributed by atoms with van der Waals surface area (Å²) >= 11 is 5.85. The summed E-state index contributed by atoms with van der Waals surface area (Å²) in [4.78, 5) is 12.0. The van der Waals surface area contributed by atoms with Crippen LogP contribution in [0.3, 0.4) is 0 Å². The number of ether oxygens (including phenoxy) is 1. The van der Waals surface area contributed by atoms with E-state index < -0.39 is 11.9 Å². The van der Waals surface area contributed by atoms with Crippen LogP contribution in [0.4, 0.5) is 15.8 Å². The van der Waals surface area contributed by atoms with E-state index >= 15 is 0 Å². The molecule has 1 amide bonds. The molecule has 2 aromatic rings. The van der Waals surface area contributed by atoms with E-state index in [1.54, 1.807) is 31.2 Å². The molecule has 0 bridgehead atoms. The predicted octanol–water partition coefficient (Wildman–Crippen LogP) is 3.47. The fourth-order valence-corrected chi connectivity index (χ4v) is 1.84. The monoisotopic (exact) mass is 308 g/mol. The maximum absolute atomic E-state index is 12.9.